The predicted molar refractivity (Wildman–Crippen MR) is 78.5 cm³/mol. The van der Waals surface area contributed by atoms with E-state index >= 15 is 0 Å². The Bertz CT molecular complexity index is 542. The van der Waals surface area contributed by atoms with E-state index in [4.69, 9.17) is 10.00 Å². The SMILES string of the molecule is CNC(=O)c1ccc(CC(=O)OCCC(C)(C)C#N)cc1. The summed E-state index contributed by atoms with van der Waals surface area (Å²) in [7, 11) is 1.57. The number of esters is 1. The molecule has 0 aromatic heterocycles. The van der Waals surface area contributed by atoms with Gasteiger partial charge in [-0.25, -0.2) is 0 Å². The Morgan fingerprint density at radius 2 is 1.90 bits per heavy atom. The number of carbonyl (C=O) groups excluding carboxylic acids is 2. The molecule has 0 aliphatic carbocycles. The number of nitrogens with one attached hydrogen (secondary N) is 1. The van der Waals surface area contributed by atoms with Crippen molar-refractivity contribution in [2.75, 3.05) is 13.7 Å². The average molecular weight is 288 g/mol. The van der Waals surface area contributed by atoms with Gasteiger partial charge in [0.2, 0.25) is 0 Å². The van der Waals surface area contributed by atoms with Crippen LogP contribution in [0.5, 0.6) is 0 Å². The third-order valence-corrected chi connectivity index (χ3v) is 3.08. The lowest BCUT2D eigenvalue weighted by Gasteiger charge is -2.14. The largest absolute Gasteiger partial charge is 0.465 e. The van der Waals surface area contributed by atoms with E-state index in [1.165, 1.54) is 0 Å². The van der Waals surface area contributed by atoms with Gasteiger partial charge in [-0.2, -0.15) is 5.26 Å². The highest BCUT2D eigenvalue weighted by Gasteiger charge is 2.17. The van der Waals surface area contributed by atoms with E-state index in [2.05, 4.69) is 11.4 Å². The second kappa shape index (κ2) is 7.44. The molecule has 0 fully saturated rings. The summed E-state index contributed by atoms with van der Waals surface area (Å²) in [5.74, 6) is -0.501. The molecule has 0 spiro atoms. The molecular formula is C16H20N2O3. The van der Waals surface area contributed by atoms with E-state index in [9.17, 15) is 9.59 Å². The molecule has 0 aliphatic rings. The first-order valence-electron chi connectivity index (χ1n) is 6.76. The molecule has 0 atom stereocenters. The summed E-state index contributed by atoms with van der Waals surface area (Å²) in [6, 6.07) is 8.95. The highest BCUT2D eigenvalue weighted by Crippen LogP contribution is 2.18. The van der Waals surface area contributed by atoms with Crippen molar-refractivity contribution in [1.82, 2.24) is 5.32 Å². The third kappa shape index (κ3) is 5.65. The zero-order valence-electron chi connectivity index (χ0n) is 12.6. The van der Waals surface area contributed by atoms with E-state index in [0.717, 1.165) is 5.56 Å². The van der Waals surface area contributed by atoms with Crippen molar-refractivity contribution < 1.29 is 14.3 Å². The Morgan fingerprint density at radius 3 is 2.43 bits per heavy atom. The van der Waals surface area contributed by atoms with Crippen molar-refractivity contribution in [2.24, 2.45) is 5.41 Å². The van der Waals surface area contributed by atoms with Crippen LogP contribution in [0.2, 0.25) is 0 Å². The fourth-order valence-corrected chi connectivity index (χ4v) is 1.61. The first-order valence-corrected chi connectivity index (χ1v) is 6.76. The topological polar surface area (TPSA) is 79.2 Å². The first-order chi connectivity index (χ1) is 9.88. The minimum Gasteiger partial charge on any atom is -0.465 e. The van der Waals surface area contributed by atoms with Crippen LogP contribution in [0.1, 0.15) is 36.2 Å². The standard InChI is InChI=1S/C16H20N2O3/c1-16(2,11-17)8-9-21-14(19)10-12-4-6-13(7-5-12)15(20)18-3/h4-7H,8-10H2,1-3H3,(H,18,20). The van der Waals surface area contributed by atoms with Crippen molar-refractivity contribution in [2.45, 2.75) is 26.7 Å². The van der Waals surface area contributed by atoms with Crippen LogP contribution >= 0.6 is 0 Å². The smallest absolute Gasteiger partial charge is 0.310 e. The number of rotatable bonds is 6. The molecule has 5 nitrogen and oxygen atoms in total. The normalized spacial score (nSPS) is 10.6. The Balaban J connectivity index is 2.45. The summed E-state index contributed by atoms with van der Waals surface area (Å²) < 4.78 is 5.11. The molecule has 21 heavy (non-hydrogen) atoms. The van der Waals surface area contributed by atoms with Gasteiger partial charge >= 0.3 is 5.97 Å². The van der Waals surface area contributed by atoms with Crippen molar-refractivity contribution in [3.05, 3.63) is 35.4 Å². The van der Waals surface area contributed by atoms with Crippen LogP contribution < -0.4 is 5.32 Å². The zero-order valence-corrected chi connectivity index (χ0v) is 12.6. The molecule has 112 valence electrons. The van der Waals surface area contributed by atoms with Gasteiger partial charge in [0.1, 0.15) is 0 Å². The summed E-state index contributed by atoms with van der Waals surface area (Å²) in [4.78, 5) is 23.1. The summed E-state index contributed by atoms with van der Waals surface area (Å²) in [5, 5.41) is 11.4. The summed E-state index contributed by atoms with van der Waals surface area (Å²) in [5.41, 5.74) is 0.840. The number of nitrogens with zero attached hydrogens (tertiary/aromatic N) is 1. The van der Waals surface area contributed by atoms with Crippen LogP contribution in [-0.2, 0) is 16.0 Å². The molecule has 0 aliphatic heterocycles. The highest BCUT2D eigenvalue weighted by molar-refractivity contribution is 5.94. The van der Waals surface area contributed by atoms with Crippen LogP contribution in [-0.4, -0.2) is 25.5 Å². The van der Waals surface area contributed by atoms with Crippen LogP contribution in [0, 0.1) is 16.7 Å². The average Bonchev–Trinajstić information content (AvgIpc) is 2.47. The summed E-state index contributed by atoms with van der Waals surface area (Å²) >= 11 is 0. The monoisotopic (exact) mass is 288 g/mol. The lowest BCUT2D eigenvalue weighted by molar-refractivity contribution is -0.143. The predicted octanol–water partition coefficient (Wildman–Crippen LogP) is 2.07. The quantitative estimate of drug-likeness (QED) is 0.813. The Morgan fingerprint density at radius 1 is 1.29 bits per heavy atom. The fourth-order valence-electron chi connectivity index (χ4n) is 1.61. The second-order valence-electron chi connectivity index (χ2n) is 5.42. The molecule has 5 heteroatoms. The summed E-state index contributed by atoms with van der Waals surface area (Å²) in [6.07, 6.45) is 0.659. The van der Waals surface area contributed by atoms with Crippen molar-refractivity contribution in [3.8, 4) is 6.07 Å². The van der Waals surface area contributed by atoms with Gasteiger partial charge in [-0.1, -0.05) is 12.1 Å². The molecule has 0 bridgehead atoms. The number of benzene rings is 1. The van der Waals surface area contributed by atoms with Crippen molar-refractivity contribution >= 4 is 11.9 Å². The lowest BCUT2D eigenvalue weighted by atomic mass is 9.92. The molecule has 0 heterocycles. The van der Waals surface area contributed by atoms with Crippen molar-refractivity contribution in [1.29, 1.82) is 5.26 Å². The molecule has 1 aromatic carbocycles. The zero-order chi connectivity index (χ0) is 15.9. The van der Waals surface area contributed by atoms with Gasteiger partial charge in [-0.15, -0.1) is 0 Å². The second-order valence-corrected chi connectivity index (χ2v) is 5.42. The van der Waals surface area contributed by atoms with Crippen molar-refractivity contribution in [3.63, 3.8) is 0 Å². The maximum absolute atomic E-state index is 11.7. The van der Waals surface area contributed by atoms with E-state index in [1.807, 2.05) is 0 Å². The van der Waals surface area contributed by atoms with Gasteiger partial charge in [0.15, 0.2) is 0 Å². The Labute approximate surface area is 124 Å². The number of hydrogen-bond acceptors (Lipinski definition) is 4. The van der Waals surface area contributed by atoms with Gasteiger partial charge in [-0.05, 0) is 38.0 Å². The Kier molecular flexibility index (Phi) is 5.92. The molecular weight excluding hydrogens is 268 g/mol. The summed E-state index contributed by atoms with van der Waals surface area (Å²) in [6.45, 7) is 3.84. The minimum atomic E-state index is -0.491. The van der Waals surface area contributed by atoms with Gasteiger partial charge in [0.25, 0.3) is 5.91 Å². The third-order valence-electron chi connectivity index (χ3n) is 3.08. The van der Waals surface area contributed by atoms with Crippen LogP contribution in [0.4, 0.5) is 0 Å². The van der Waals surface area contributed by atoms with Gasteiger partial charge in [0, 0.05) is 12.6 Å². The van der Waals surface area contributed by atoms with E-state index in [-0.39, 0.29) is 24.9 Å². The van der Waals surface area contributed by atoms with Gasteiger partial charge in [-0.3, -0.25) is 9.59 Å². The van der Waals surface area contributed by atoms with E-state index < -0.39 is 5.41 Å². The number of amides is 1. The van der Waals surface area contributed by atoms with Gasteiger partial charge in [0.05, 0.1) is 24.5 Å². The minimum absolute atomic E-state index is 0.154. The molecule has 0 saturated carbocycles. The molecule has 1 rings (SSSR count). The molecule has 0 unspecified atom stereocenters. The highest BCUT2D eigenvalue weighted by atomic mass is 16.5. The van der Waals surface area contributed by atoms with Gasteiger partial charge < -0.3 is 10.1 Å². The molecule has 1 aromatic rings. The molecule has 1 amide bonds. The van der Waals surface area contributed by atoms with Crippen LogP contribution in [0.3, 0.4) is 0 Å². The molecule has 1 N–H and O–H groups in total. The number of hydrogen-bond donors (Lipinski definition) is 1. The maximum Gasteiger partial charge on any atom is 0.310 e. The molecule has 0 saturated heterocycles. The molecule has 0 radical (unpaired) electrons. The maximum atomic E-state index is 11.7. The van der Waals surface area contributed by atoms with E-state index in [0.29, 0.717) is 12.0 Å². The lowest BCUT2D eigenvalue weighted by Crippen LogP contribution is -2.18. The van der Waals surface area contributed by atoms with E-state index in [1.54, 1.807) is 45.2 Å². The number of carbonyl (C=O) groups is 2. The first kappa shape index (κ1) is 16.7. The van der Waals surface area contributed by atoms with Crippen LogP contribution in [0.15, 0.2) is 24.3 Å². The Hall–Kier alpha value is -2.35. The fraction of sp³-hybridized carbons (Fsp3) is 0.438. The van der Waals surface area contributed by atoms with Crippen LogP contribution in [0.25, 0.3) is 0 Å². The number of nitriles is 1. The number of ether oxygens (including phenoxy) is 1.